The van der Waals surface area contributed by atoms with Gasteiger partial charge in [-0.2, -0.15) is 0 Å². The summed E-state index contributed by atoms with van der Waals surface area (Å²) in [6.07, 6.45) is 1.45. The highest BCUT2D eigenvalue weighted by Crippen LogP contribution is 2.05. The first-order valence-corrected chi connectivity index (χ1v) is 5.40. The van der Waals surface area contributed by atoms with Crippen LogP contribution in [0.2, 0.25) is 0 Å². The largest absolute Gasteiger partial charge is 0.394 e. The molecule has 0 aliphatic rings. The van der Waals surface area contributed by atoms with Crippen LogP contribution in [-0.2, 0) is 9.84 Å². The molecule has 0 saturated carbocycles. The van der Waals surface area contributed by atoms with Crippen molar-refractivity contribution in [3.8, 4) is 0 Å². The summed E-state index contributed by atoms with van der Waals surface area (Å²) in [5, 5.41) is 8.67. The zero-order valence-electron chi connectivity index (χ0n) is 6.87. The Bertz CT molecular complexity index is 208. The molecule has 68 valence electrons. The van der Waals surface area contributed by atoms with Crippen LogP contribution in [0.1, 0.15) is 13.3 Å². The van der Waals surface area contributed by atoms with Gasteiger partial charge in [0.25, 0.3) is 0 Å². The van der Waals surface area contributed by atoms with Gasteiger partial charge in [-0.15, -0.1) is 0 Å². The Labute approximate surface area is 67.3 Å². The second kappa shape index (κ2) is 3.51. The molecule has 0 fully saturated rings. The number of hydrogen-bond donors (Lipinski definition) is 2. The molecule has 0 aliphatic carbocycles. The fourth-order valence-electron chi connectivity index (χ4n) is 0.498. The second-order valence-electron chi connectivity index (χ2n) is 3.19. The SMILES string of the molecule is CC(N)(CO)CCS(C)(=O)=O. The summed E-state index contributed by atoms with van der Waals surface area (Å²) in [6.45, 7) is 1.43. The van der Waals surface area contributed by atoms with Gasteiger partial charge in [-0.05, 0) is 13.3 Å². The van der Waals surface area contributed by atoms with Crippen molar-refractivity contribution in [2.24, 2.45) is 5.73 Å². The summed E-state index contributed by atoms with van der Waals surface area (Å²) in [5.41, 5.74) is 4.73. The Morgan fingerprint density at radius 1 is 1.55 bits per heavy atom. The number of nitrogens with two attached hydrogens (primary N) is 1. The van der Waals surface area contributed by atoms with Crippen molar-refractivity contribution in [2.45, 2.75) is 18.9 Å². The third kappa shape index (κ3) is 6.28. The van der Waals surface area contributed by atoms with Crippen molar-refractivity contribution in [3.05, 3.63) is 0 Å². The lowest BCUT2D eigenvalue weighted by molar-refractivity contribution is 0.205. The van der Waals surface area contributed by atoms with Gasteiger partial charge in [0.05, 0.1) is 12.4 Å². The van der Waals surface area contributed by atoms with Gasteiger partial charge in [0, 0.05) is 11.8 Å². The number of aliphatic hydroxyl groups excluding tert-OH is 1. The summed E-state index contributed by atoms with van der Waals surface area (Å²) in [6, 6.07) is 0. The molecule has 0 heterocycles. The maximum atomic E-state index is 10.7. The highest BCUT2D eigenvalue weighted by molar-refractivity contribution is 7.90. The maximum absolute atomic E-state index is 10.7. The molecule has 4 nitrogen and oxygen atoms in total. The number of rotatable bonds is 4. The Hall–Kier alpha value is -0.130. The molecule has 0 aliphatic heterocycles. The minimum atomic E-state index is -2.96. The molecule has 5 heteroatoms. The fourth-order valence-corrected chi connectivity index (χ4v) is 1.33. The molecule has 0 rings (SSSR count). The van der Waals surface area contributed by atoms with Gasteiger partial charge >= 0.3 is 0 Å². The minimum absolute atomic E-state index is 0.0283. The molecule has 0 aromatic carbocycles. The Morgan fingerprint density at radius 2 is 2.00 bits per heavy atom. The van der Waals surface area contributed by atoms with Crippen LogP contribution in [0.5, 0.6) is 0 Å². The Morgan fingerprint density at radius 3 is 2.27 bits per heavy atom. The van der Waals surface area contributed by atoms with Crippen LogP contribution < -0.4 is 5.73 Å². The fraction of sp³-hybridized carbons (Fsp3) is 1.00. The number of aliphatic hydroxyl groups is 1. The molecular formula is C6H15NO3S. The third-order valence-electron chi connectivity index (χ3n) is 1.41. The summed E-state index contributed by atoms with van der Waals surface area (Å²) in [4.78, 5) is 0. The van der Waals surface area contributed by atoms with Crippen LogP contribution in [0.25, 0.3) is 0 Å². The molecule has 0 saturated heterocycles. The highest BCUT2D eigenvalue weighted by atomic mass is 32.2. The van der Waals surface area contributed by atoms with E-state index in [1.165, 1.54) is 0 Å². The van der Waals surface area contributed by atoms with Gasteiger partial charge in [0.1, 0.15) is 9.84 Å². The topological polar surface area (TPSA) is 80.4 Å². The van der Waals surface area contributed by atoms with E-state index in [-0.39, 0.29) is 12.4 Å². The lowest BCUT2D eigenvalue weighted by Gasteiger charge is -2.20. The Balaban J connectivity index is 3.90. The van der Waals surface area contributed by atoms with E-state index in [0.717, 1.165) is 6.26 Å². The summed E-state index contributed by atoms with van der Waals surface area (Å²) in [5.74, 6) is 0.0283. The van der Waals surface area contributed by atoms with Gasteiger partial charge in [-0.25, -0.2) is 8.42 Å². The highest BCUT2D eigenvalue weighted by Gasteiger charge is 2.18. The van der Waals surface area contributed by atoms with Crippen LogP contribution in [0.3, 0.4) is 0 Å². The average Bonchev–Trinajstić information content (AvgIpc) is 1.83. The van der Waals surface area contributed by atoms with E-state index in [2.05, 4.69) is 0 Å². The van der Waals surface area contributed by atoms with Crippen molar-refractivity contribution < 1.29 is 13.5 Å². The second-order valence-corrected chi connectivity index (χ2v) is 5.45. The van der Waals surface area contributed by atoms with Gasteiger partial charge in [0.15, 0.2) is 0 Å². The quantitative estimate of drug-likeness (QED) is 0.591. The maximum Gasteiger partial charge on any atom is 0.147 e. The smallest absolute Gasteiger partial charge is 0.147 e. The molecule has 1 unspecified atom stereocenters. The van der Waals surface area contributed by atoms with E-state index in [1.807, 2.05) is 0 Å². The Kier molecular flexibility index (Phi) is 3.47. The lowest BCUT2D eigenvalue weighted by Crippen LogP contribution is -2.41. The number of sulfone groups is 1. The normalized spacial score (nSPS) is 17.8. The molecule has 0 radical (unpaired) electrons. The van der Waals surface area contributed by atoms with Crippen LogP contribution >= 0.6 is 0 Å². The predicted octanol–water partition coefficient (Wildman–Crippen LogP) is -0.869. The lowest BCUT2D eigenvalue weighted by atomic mass is 10.0. The van der Waals surface area contributed by atoms with Gasteiger partial charge in [-0.3, -0.25) is 0 Å². The van der Waals surface area contributed by atoms with E-state index in [0.29, 0.717) is 6.42 Å². The van der Waals surface area contributed by atoms with Crippen LogP contribution in [0, 0.1) is 0 Å². The first-order chi connectivity index (χ1) is 4.77. The summed E-state index contributed by atoms with van der Waals surface area (Å²) >= 11 is 0. The van der Waals surface area contributed by atoms with Crippen molar-refractivity contribution in [1.29, 1.82) is 0 Å². The van der Waals surface area contributed by atoms with Gasteiger partial charge in [0.2, 0.25) is 0 Å². The van der Waals surface area contributed by atoms with Crippen molar-refractivity contribution in [1.82, 2.24) is 0 Å². The standard InChI is InChI=1S/C6H15NO3S/c1-6(7,5-8)3-4-11(2,9)10/h8H,3-5,7H2,1-2H3. The van der Waals surface area contributed by atoms with E-state index in [4.69, 9.17) is 10.8 Å². The molecule has 1 atom stereocenters. The van der Waals surface area contributed by atoms with E-state index in [9.17, 15) is 8.42 Å². The van der Waals surface area contributed by atoms with Crippen molar-refractivity contribution in [3.63, 3.8) is 0 Å². The minimum Gasteiger partial charge on any atom is -0.394 e. The van der Waals surface area contributed by atoms with Gasteiger partial charge < -0.3 is 10.8 Å². The first-order valence-electron chi connectivity index (χ1n) is 3.34. The zero-order chi connectivity index (χ0) is 9.12. The molecule has 0 aromatic rings. The summed E-state index contributed by atoms with van der Waals surface area (Å²) in [7, 11) is -2.96. The monoisotopic (exact) mass is 181 g/mol. The summed E-state index contributed by atoms with van der Waals surface area (Å²) < 4.78 is 21.3. The van der Waals surface area contributed by atoms with Crippen LogP contribution in [0.15, 0.2) is 0 Å². The van der Waals surface area contributed by atoms with E-state index >= 15 is 0 Å². The number of hydrogen-bond acceptors (Lipinski definition) is 4. The molecular weight excluding hydrogens is 166 g/mol. The predicted molar refractivity (Wildman–Crippen MR) is 44.0 cm³/mol. The van der Waals surface area contributed by atoms with Crippen LogP contribution in [0.4, 0.5) is 0 Å². The molecule has 3 N–H and O–H groups in total. The van der Waals surface area contributed by atoms with Crippen molar-refractivity contribution in [2.75, 3.05) is 18.6 Å². The molecule has 11 heavy (non-hydrogen) atoms. The van der Waals surface area contributed by atoms with E-state index < -0.39 is 15.4 Å². The average molecular weight is 181 g/mol. The van der Waals surface area contributed by atoms with Crippen molar-refractivity contribution >= 4 is 9.84 Å². The molecule has 0 spiro atoms. The van der Waals surface area contributed by atoms with E-state index in [1.54, 1.807) is 6.92 Å². The first kappa shape index (κ1) is 10.9. The van der Waals surface area contributed by atoms with Gasteiger partial charge in [-0.1, -0.05) is 0 Å². The third-order valence-corrected chi connectivity index (χ3v) is 2.35. The molecule has 0 bridgehead atoms. The molecule has 0 amide bonds. The van der Waals surface area contributed by atoms with Crippen LogP contribution in [-0.4, -0.2) is 37.7 Å². The molecule has 0 aromatic heterocycles. The zero-order valence-corrected chi connectivity index (χ0v) is 7.69.